The molecule has 0 aliphatic carbocycles. The predicted octanol–water partition coefficient (Wildman–Crippen LogP) is 0.0383. The number of carbonyl (C=O) groups is 2. The molecule has 2 rings (SSSR count). The van der Waals surface area contributed by atoms with E-state index in [1.54, 1.807) is 6.92 Å². The average Bonchev–Trinajstić information content (AvgIpc) is 2.90. The second-order valence-corrected chi connectivity index (χ2v) is 4.27. The number of likely N-dealkylation sites (N-methyl/N-ethyl adjacent to an activating group) is 1. The lowest BCUT2D eigenvalue weighted by atomic mass is 10.0. The van der Waals surface area contributed by atoms with Crippen molar-refractivity contribution in [3.05, 3.63) is 24.3 Å². The highest BCUT2D eigenvalue weighted by atomic mass is 16.5. The number of aromatic nitrogens is 2. The third kappa shape index (κ3) is 2.70. The van der Waals surface area contributed by atoms with Crippen molar-refractivity contribution in [3.8, 4) is 0 Å². The van der Waals surface area contributed by atoms with E-state index in [0.717, 1.165) is 0 Å². The van der Waals surface area contributed by atoms with Gasteiger partial charge in [0.15, 0.2) is 0 Å². The highest BCUT2D eigenvalue weighted by Gasteiger charge is 2.39. The molecule has 0 bridgehead atoms. The summed E-state index contributed by atoms with van der Waals surface area (Å²) >= 11 is 0. The lowest BCUT2D eigenvalue weighted by Gasteiger charge is -2.29. The van der Waals surface area contributed by atoms with E-state index in [9.17, 15) is 9.59 Å². The van der Waals surface area contributed by atoms with Gasteiger partial charge in [-0.05, 0) is 6.92 Å². The van der Waals surface area contributed by atoms with Crippen LogP contribution < -0.4 is 0 Å². The minimum Gasteiger partial charge on any atom is -0.481 e. The van der Waals surface area contributed by atoms with Crippen molar-refractivity contribution in [2.24, 2.45) is 5.92 Å². The van der Waals surface area contributed by atoms with E-state index in [1.807, 2.05) is 0 Å². The van der Waals surface area contributed by atoms with Gasteiger partial charge in [0.1, 0.15) is 12.2 Å². The van der Waals surface area contributed by atoms with Crippen LogP contribution in [-0.2, 0) is 9.53 Å². The molecular formula is C12H15N3O4. The Labute approximate surface area is 110 Å². The van der Waals surface area contributed by atoms with Gasteiger partial charge >= 0.3 is 5.97 Å². The zero-order valence-corrected chi connectivity index (χ0v) is 10.5. The maximum absolute atomic E-state index is 12.3. The van der Waals surface area contributed by atoms with Crippen molar-refractivity contribution in [2.45, 2.75) is 13.0 Å². The van der Waals surface area contributed by atoms with Crippen LogP contribution in [0.5, 0.6) is 0 Å². The molecule has 0 aromatic carbocycles. The molecule has 7 heteroatoms. The molecule has 1 fully saturated rings. The first-order valence-corrected chi connectivity index (χ1v) is 6.01. The molecule has 2 unspecified atom stereocenters. The Hall–Kier alpha value is -2.02. The van der Waals surface area contributed by atoms with Crippen LogP contribution in [0.2, 0.25) is 0 Å². The van der Waals surface area contributed by atoms with E-state index in [2.05, 4.69) is 9.97 Å². The van der Waals surface area contributed by atoms with E-state index >= 15 is 0 Å². The SMILES string of the molecule is CCN(C(=O)c1cncnc1)C1COCC1C(=O)O. The molecule has 1 N–H and O–H groups in total. The largest absolute Gasteiger partial charge is 0.481 e. The second-order valence-electron chi connectivity index (χ2n) is 4.27. The summed E-state index contributed by atoms with van der Waals surface area (Å²) in [5.74, 6) is -1.91. The van der Waals surface area contributed by atoms with Crippen LogP contribution in [0.4, 0.5) is 0 Å². The number of carbonyl (C=O) groups excluding carboxylic acids is 1. The number of hydrogen-bond donors (Lipinski definition) is 1. The third-order valence-electron chi connectivity index (χ3n) is 3.18. The van der Waals surface area contributed by atoms with Crippen molar-refractivity contribution in [3.63, 3.8) is 0 Å². The number of amides is 1. The highest BCUT2D eigenvalue weighted by Crippen LogP contribution is 2.21. The zero-order valence-electron chi connectivity index (χ0n) is 10.5. The molecule has 1 aliphatic heterocycles. The summed E-state index contributed by atoms with van der Waals surface area (Å²) in [6, 6.07) is -0.449. The fraction of sp³-hybridized carbons (Fsp3) is 0.500. The molecule has 1 aliphatic rings. The van der Waals surface area contributed by atoms with Crippen molar-refractivity contribution < 1.29 is 19.4 Å². The second kappa shape index (κ2) is 5.75. The number of carboxylic acids is 1. The number of rotatable bonds is 4. The van der Waals surface area contributed by atoms with E-state index in [-0.39, 0.29) is 19.1 Å². The summed E-state index contributed by atoms with van der Waals surface area (Å²) in [5.41, 5.74) is 0.348. The standard InChI is InChI=1S/C12H15N3O4/c1-2-15(10-6-19-5-9(10)12(17)18)11(16)8-3-13-7-14-4-8/h3-4,7,9-10H,2,5-6H2,1H3,(H,17,18). The van der Waals surface area contributed by atoms with Crippen LogP contribution in [0.3, 0.4) is 0 Å². The Bertz CT molecular complexity index is 465. The van der Waals surface area contributed by atoms with Crippen LogP contribution in [0, 0.1) is 5.92 Å². The lowest BCUT2D eigenvalue weighted by Crippen LogP contribution is -2.46. The van der Waals surface area contributed by atoms with Gasteiger partial charge in [0.25, 0.3) is 5.91 Å². The fourth-order valence-corrected chi connectivity index (χ4v) is 2.19. The van der Waals surface area contributed by atoms with Crippen LogP contribution in [0.15, 0.2) is 18.7 Å². The number of aliphatic carboxylic acids is 1. The quantitative estimate of drug-likeness (QED) is 0.826. The van der Waals surface area contributed by atoms with Crippen molar-refractivity contribution in [1.29, 1.82) is 0 Å². The third-order valence-corrected chi connectivity index (χ3v) is 3.18. The van der Waals surface area contributed by atoms with Gasteiger partial charge < -0.3 is 14.7 Å². The Morgan fingerprint density at radius 3 is 2.68 bits per heavy atom. The van der Waals surface area contributed by atoms with Crippen LogP contribution in [-0.4, -0.2) is 57.7 Å². The smallest absolute Gasteiger partial charge is 0.311 e. The molecule has 0 spiro atoms. The Kier molecular flexibility index (Phi) is 4.06. The van der Waals surface area contributed by atoms with E-state index in [0.29, 0.717) is 12.1 Å². The monoisotopic (exact) mass is 265 g/mol. The molecule has 1 aromatic heterocycles. The summed E-state index contributed by atoms with van der Waals surface area (Å²) in [6.07, 6.45) is 4.18. The van der Waals surface area contributed by atoms with Crippen LogP contribution >= 0.6 is 0 Å². The van der Waals surface area contributed by atoms with Gasteiger partial charge in [-0.2, -0.15) is 0 Å². The van der Waals surface area contributed by atoms with E-state index in [4.69, 9.17) is 9.84 Å². The molecule has 0 radical (unpaired) electrons. The molecule has 102 valence electrons. The van der Waals surface area contributed by atoms with Crippen molar-refractivity contribution in [2.75, 3.05) is 19.8 Å². The number of ether oxygens (including phenoxy) is 1. The minimum absolute atomic E-state index is 0.134. The Morgan fingerprint density at radius 1 is 1.42 bits per heavy atom. The minimum atomic E-state index is -0.946. The van der Waals surface area contributed by atoms with Crippen molar-refractivity contribution in [1.82, 2.24) is 14.9 Å². The van der Waals surface area contributed by atoms with Gasteiger partial charge in [-0.1, -0.05) is 0 Å². The highest BCUT2D eigenvalue weighted by molar-refractivity contribution is 5.94. The summed E-state index contributed by atoms with van der Waals surface area (Å²) in [4.78, 5) is 32.6. The summed E-state index contributed by atoms with van der Waals surface area (Å²) in [6.45, 7) is 2.59. The molecule has 7 nitrogen and oxygen atoms in total. The van der Waals surface area contributed by atoms with Gasteiger partial charge in [0, 0.05) is 18.9 Å². The van der Waals surface area contributed by atoms with Gasteiger partial charge in [-0.25, -0.2) is 9.97 Å². The fourth-order valence-electron chi connectivity index (χ4n) is 2.19. The Morgan fingerprint density at radius 2 is 2.11 bits per heavy atom. The molecular weight excluding hydrogens is 250 g/mol. The zero-order chi connectivity index (χ0) is 13.8. The maximum atomic E-state index is 12.3. The molecule has 1 amide bonds. The number of hydrogen-bond acceptors (Lipinski definition) is 5. The molecule has 2 heterocycles. The van der Waals surface area contributed by atoms with Gasteiger partial charge in [-0.3, -0.25) is 9.59 Å². The predicted molar refractivity (Wildman–Crippen MR) is 64.5 cm³/mol. The normalized spacial score (nSPS) is 22.2. The van der Waals surface area contributed by atoms with Gasteiger partial charge in [0.05, 0.1) is 24.8 Å². The first-order chi connectivity index (χ1) is 9.15. The average molecular weight is 265 g/mol. The number of nitrogens with zero attached hydrogens (tertiary/aromatic N) is 3. The molecule has 1 aromatic rings. The number of carboxylic acid groups (broad SMARTS) is 1. The summed E-state index contributed by atoms with van der Waals surface area (Å²) in [7, 11) is 0. The van der Waals surface area contributed by atoms with E-state index in [1.165, 1.54) is 23.6 Å². The molecule has 19 heavy (non-hydrogen) atoms. The first kappa shape index (κ1) is 13.4. The van der Waals surface area contributed by atoms with Crippen LogP contribution in [0.25, 0.3) is 0 Å². The Balaban J connectivity index is 2.20. The molecule has 2 atom stereocenters. The summed E-state index contributed by atoms with van der Waals surface area (Å²) in [5, 5.41) is 9.14. The van der Waals surface area contributed by atoms with Crippen LogP contribution in [0.1, 0.15) is 17.3 Å². The van der Waals surface area contributed by atoms with Gasteiger partial charge in [0.2, 0.25) is 0 Å². The maximum Gasteiger partial charge on any atom is 0.311 e. The van der Waals surface area contributed by atoms with E-state index < -0.39 is 17.9 Å². The molecule has 0 saturated carbocycles. The topological polar surface area (TPSA) is 92.6 Å². The van der Waals surface area contributed by atoms with Gasteiger partial charge in [-0.15, -0.1) is 0 Å². The van der Waals surface area contributed by atoms with Crippen molar-refractivity contribution >= 4 is 11.9 Å². The lowest BCUT2D eigenvalue weighted by molar-refractivity contribution is -0.142. The summed E-state index contributed by atoms with van der Waals surface area (Å²) < 4.78 is 5.19. The first-order valence-electron chi connectivity index (χ1n) is 6.01. The molecule has 1 saturated heterocycles.